The molecule has 0 saturated heterocycles. The minimum absolute atomic E-state index is 0.110. The largest absolute Gasteiger partial charge is 0.396 e. The summed E-state index contributed by atoms with van der Waals surface area (Å²) in [5.41, 5.74) is 2.13. The maximum Gasteiger partial charge on any atom is 0.228 e. The molecule has 0 aliphatic heterocycles. The first-order valence-corrected chi connectivity index (χ1v) is 7.53. The Hall–Kier alpha value is -1.35. The Morgan fingerprint density at radius 2 is 2.25 bits per heavy atom. The fraction of sp³-hybridized carbons (Fsp3) is 0.588. The van der Waals surface area contributed by atoms with Crippen LogP contribution in [0.25, 0.3) is 0 Å². The molecule has 0 aromatic heterocycles. The fourth-order valence-electron chi connectivity index (χ4n) is 3.13. The van der Waals surface area contributed by atoms with E-state index >= 15 is 0 Å². The van der Waals surface area contributed by atoms with E-state index in [1.54, 1.807) is 0 Å². The van der Waals surface area contributed by atoms with Crippen molar-refractivity contribution < 1.29 is 9.90 Å². The van der Waals surface area contributed by atoms with Crippen molar-refractivity contribution in [1.82, 2.24) is 0 Å². The zero-order valence-corrected chi connectivity index (χ0v) is 12.5. The molecule has 2 N–H and O–H groups in total. The Kier molecular flexibility index (Phi) is 4.81. The van der Waals surface area contributed by atoms with E-state index in [1.807, 2.05) is 24.3 Å². The number of aliphatic hydroxyl groups is 1. The number of hydrogen-bond donors (Lipinski definition) is 2. The van der Waals surface area contributed by atoms with Crippen LogP contribution in [0.3, 0.4) is 0 Å². The van der Waals surface area contributed by atoms with Crippen LogP contribution in [0, 0.1) is 11.3 Å². The first kappa shape index (κ1) is 15.0. The predicted molar refractivity (Wildman–Crippen MR) is 81.6 cm³/mol. The van der Waals surface area contributed by atoms with Crippen molar-refractivity contribution >= 4 is 11.6 Å². The Morgan fingerprint density at radius 1 is 1.45 bits per heavy atom. The second-order valence-electron chi connectivity index (χ2n) is 6.45. The van der Waals surface area contributed by atoms with Gasteiger partial charge in [0.15, 0.2) is 0 Å². The highest BCUT2D eigenvalue weighted by molar-refractivity contribution is 5.93. The Bertz CT molecular complexity index is 468. The van der Waals surface area contributed by atoms with Crippen molar-refractivity contribution in [1.29, 1.82) is 0 Å². The Morgan fingerprint density at radius 3 is 2.90 bits per heavy atom. The Labute approximate surface area is 121 Å². The van der Waals surface area contributed by atoms with Gasteiger partial charge in [0.2, 0.25) is 5.91 Å². The van der Waals surface area contributed by atoms with Crippen LogP contribution >= 0.6 is 0 Å². The maximum absolute atomic E-state index is 12.4. The normalized spacial score (nSPS) is 20.9. The van der Waals surface area contributed by atoms with Crippen LogP contribution < -0.4 is 5.32 Å². The number of aryl methyl sites for hydroxylation is 1. The van der Waals surface area contributed by atoms with Crippen LogP contribution in [0.5, 0.6) is 0 Å². The molecular weight excluding hydrogens is 250 g/mol. The van der Waals surface area contributed by atoms with Gasteiger partial charge in [0.05, 0.1) is 0 Å². The lowest BCUT2D eigenvalue weighted by Gasteiger charge is -2.25. The summed E-state index contributed by atoms with van der Waals surface area (Å²) in [5.74, 6) is 0.260. The van der Waals surface area contributed by atoms with Gasteiger partial charge in [-0.15, -0.1) is 0 Å². The molecule has 0 bridgehead atoms. The molecule has 1 fully saturated rings. The van der Waals surface area contributed by atoms with Crippen LogP contribution in [0.15, 0.2) is 24.3 Å². The Balaban J connectivity index is 2.00. The number of rotatable bonds is 5. The third-order valence-corrected chi connectivity index (χ3v) is 4.39. The van der Waals surface area contributed by atoms with Crippen LogP contribution in [-0.4, -0.2) is 17.6 Å². The van der Waals surface area contributed by atoms with Gasteiger partial charge in [-0.3, -0.25) is 4.79 Å². The molecule has 1 aliphatic rings. The van der Waals surface area contributed by atoms with Gasteiger partial charge in [0.25, 0.3) is 0 Å². The van der Waals surface area contributed by atoms with Crippen molar-refractivity contribution in [3.63, 3.8) is 0 Å². The molecule has 0 radical (unpaired) electrons. The van der Waals surface area contributed by atoms with Crippen LogP contribution in [-0.2, 0) is 11.2 Å². The highest BCUT2D eigenvalue weighted by atomic mass is 16.2. The molecule has 2 rings (SSSR count). The van der Waals surface area contributed by atoms with E-state index in [1.165, 1.54) is 0 Å². The third kappa shape index (κ3) is 3.60. The summed E-state index contributed by atoms with van der Waals surface area (Å²) in [4.78, 5) is 12.4. The summed E-state index contributed by atoms with van der Waals surface area (Å²) in [6.07, 6.45) is 4.86. The van der Waals surface area contributed by atoms with E-state index in [2.05, 4.69) is 19.2 Å². The highest BCUT2D eigenvalue weighted by Crippen LogP contribution is 2.43. The van der Waals surface area contributed by atoms with Crippen LogP contribution in [0.2, 0.25) is 0 Å². The molecule has 0 heterocycles. The van der Waals surface area contributed by atoms with Gasteiger partial charge in [0, 0.05) is 18.2 Å². The van der Waals surface area contributed by atoms with Gasteiger partial charge in [-0.1, -0.05) is 32.4 Å². The average molecular weight is 275 g/mol. The van der Waals surface area contributed by atoms with E-state index in [9.17, 15) is 4.79 Å². The number of aliphatic hydroxyl groups excluding tert-OH is 1. The smallest absolute Gasteiger partial charge is 0.228 e. The van der Waals surface area contributed by atoms with E-state index < -0.39 is 0 Å². The summed E-state index contributed by atoms with van der Waals surface area (Å²) in [7, 11) is 0. The number of anilines is 1. The van der Waals surface area contributed by atoms with Crippen LogP contribution in [0.4, 0.5) is 5.69 Å². The second-order valence-corrected chi connectivity index (χ2v) is 6.45. The number of carbonyl (C=O) groups excluding carboxylic acids is 1. The maximum atomic E-state index is 12.4. The monoisotopic (exact) mass is 275 g/mol. The lowest BCUT2D eigenvalue weighted by molar-refractivity contribution is -0.122. The van der Waals surface area contributed by atoms with E-state index in [-0.39, 0.29) is 23.8 Å². The molecule has 1 aliphatic carbocycles. The number of hydrogen-bond acceptors (Lipinski definition) is 2. The van der Waals surface area contributed by atoms with Crippen LogP contribution in [0.1, 0.15) is 45.1 Å². The average Bonchev–Trinajstić information content (AvgIpc) is 2.76. The van der Waals surface area contributed by atoms with Gasteiger partial charge >= 0.3 is 0 Å². The molecule has 1 aromatic carbocycles. The van der Waals surface area contributed by atoms with Gasteiger partial charge in [-0.25, -0.2) is 0 Å². The molecular formula is C17H25NO2. The third-order valence-electron chi connectivity index (χ3n) is 4.39. The van der Waals surface area contributed by atoms with Gasteiger partial charge < -0.3 is 10.4 Å². The molecule has 20 heavy (non-hydrogen) atoms. The second kappa shape index (κ2) is 6.40. The number of nitrogens with one attached hydrogen (secondary N) is 1. The van der Waals surface area contributed by atoms with Gasteiger partial charge in [-0.2, -0.15) is 0 Å². The SMILES string of the molecule is CC1(C)CCCC1C(=O)Nc1cccc(CCCO)c1. The molecule has 1 unspecified atom stereocenters. The molecule has 1 aromatic rings. The number of amides is 1. The first-order valence-electron chi connectivity index (χ1n) is 7.53. The van der Waals surface area contributed by atoms with Gasteiger partial charge in [-0.05, 0) is 48.8 Å². The van der Waals surface area contributed by atoms with E-state index in [4.69, 9.17) is 5.11 Å². The summed E-state index contributed by atoms with van der Waals surface area (Å²) in [6.45, 7) is 4.57. The fourth-order valence-corrected chi connectivity index (χ4v) is 3.13. The predicted octanol–water partition coefficient (Wildman–Crippen LogP) is 3.38. The van der Waals surface area contributed by atoms with E-state index in [0.717, 1.165) is 43.4 Å². The zero-order valence-electron chi connectivity index (χ0n) is 12.5. The molecule has 3 nitrogen and oxygen atoms in total. The minimum Gasteiger partial charge on any atom is -0.396 e. The topological polar surface area (TPSA) is 49.3 Å². The number of benzene rings is 1. The number of carbonyl (C=O) groups is 1. The molecule has 0 spiro atoms. The first-order chi connectivity index (χ1) is 9.53. The van der Waals surface area contributed by atoms with Crippen molar-refractivity contribution in [2.45, 2.75) is 46.0 Å². The lowest BCUT2D eigenvalue weighted by atomic mass is 9.81. The summed E-state index contributed by atoms with van der Waals surface area (Å²) < 4.78 is 0. The molecule has 1 amide bonds. The van der Waals surface area contributed by atoms with Crippen molar-refractivity contribution in [3.05, 3.63) is 29.8 Å². The zero-order chi connectivity index (χ0) is 14.6. The van der Waals surface area contributed by atoms with Crippen molar-refractivity contribution in [3.8, 4) is 0 Å². The summed E-state index contributed by atoms with van der Waals surface area (Å²) in [6, 6.07) is 7.94. The van der Waals surface area contributed by atoms with Gasteiger partial charge in [0.1, 0.15) is 0 Å². The minimum atomic E-state index is 0.110. The van der Waals surface area contributed by atoms with Crippen molar-refractivity contribution in [2.24, 2.45) is 11.3 Å². The lowest BCUT2D eigenvalue weighted by Crippen LogP contribution is -2.30. The molecule has 1 atom stereocenters. The molecule has 3 heteroatoms. The standard InChI is InChI=1S/C17H25NO2/c1-17(2)10-4-9-15(17)16(20)18-14-8-3-6-13(12-14)7-5-11-19/h3,6,8,12,15,19H,4-5,7,9-11H2,1-2H3,(H,18,20). The highest BCUT2D eigenvalue weighted by Gasteiger charge is 2.39. The molecule has 1 saturated carbocycles. The van der Waals surface area contributed by atoms with E-state index in [0.29, 0.717) is 0 Å². The summed E-state index contributed by atoms with van der Waals surface area (Å²) >= 11 is 0. The van der Waals surface area contributed by atoms with Crippen molar-refractivity contribution in [2.75, 3.05) is 11.9 Å². The summed E-state index contributed by atoms with van der Waals surface area (Å²) in [5, 5.41) is 11.9. The quantitative estimate of drug-likeness (QED) is 0.865. The molecule has 110 valence electrons.